The van der Waals surface area contributed by atoms with Gasteiger partial charge in [-0.25, -0.2) is 48.3 Å². The fourth-order valence-electron chi connectivity index (χ4n) is 9.12. The van der Waals surface area contributed by atoms with Crippen LogP contribution < -0.4 is 43.0 Å². The van der Waals surface area contributed by atoms with Crippen LogP contribution in [0.2, 0.25) is 31.0 Å². The van der Waals surface area contributed by atoms with Crippen molar-refractivity contribution in [2.45, 2.75) is 90.9 Å². The minimum absolute atomic E-state index is 0.0144. The van der Waals surface area contributed by atoms with Crippen LogP contribution in [0.5, 0.6) is 0 Å². The maximum Gasteiger partial charge on any atom is 0.407 e. The summed E-state index contributed by atoms with van der Waals surface area (Å²) >= 11 is 6.10. The van der Waals surface area contributed by atoms with Crippen molar-refractivity contribution in [3.05, 3.63) is 101 Å². The van der Waals surface area contributed by atoms with Crippen molar-refractivity contribution in [1.29, 1.82) is 0 Å². The lowest BCUT2D eigenvalue weighted by Gasteiger charge is -2.35. The first-order chi connectivity index (χ1) is 38.9. The number of aromatic nitrogens is 6. The summed E-state index contributed by atoms with van der Waals surface area (Å²) in [6, 6.07) is 12.8. The number of carbonyl (C=O) groups excluding carboxylic acids is 5. The summed E-state index contributed by atoms with van der Waals surface area (Å²) in [6.07, 6.45) is 6.18. The van der Waals surface area contributed by atoms with Crippen LogP contribution in [0.25, 0.3) is 17.1 Å². The standard InChI is InChI=1S/C33H45ClFN7O6Si.C22H25FN8O2/c1-33(2,3)48-32(45)36-18-21-11-13-41(14-12-21)27-22(35)9-8-10-23(27)38-29(43)28-37-26(19-42(28)20-47-15-16-49(5,6)7)24-17-25(30(44)46-4)40-31(34)39-24;23-13-2-1-3-15(19(13)31-8-6-12(11-24)7-9-31)28-21(33)16-5-4-14(27-16)17-10-18(20(25)32)30-22(26)29-17/h8-10,17,19,21H,11-16,18,20H2,1-7H3,(H,36,45)(H,38,43);1-4,10,12H,5-9,11,24H2,(H2,25,32)(H,28,33)(H2,26,29,30). The van der Waals surface area contributed by atoms with Crippen molar-refractivity contribution >= 4 is 89.6 Å². The molecule has 0 radical (unpaired) electrons. The average Bonchev–Trinajstić information content (AvgIpc) is 4.26. The second kappa shape index (κ2) is 27.2. The number of piperidine rings is 2. The molecule has 2 aromatic carbocycles. The van der Waals surface area contributed by atoms with Crippen molar-refractivity contribution in [2.75, 3.05) is 79.2 Å². The molecule has 27 heteroatoms. The molecule has 5 aromatic rings. The molecule has 0 unspecified atom stereocenters. The van der Waals surface area contributed by atoms with Gasteiger partial charge in [0, 0.05) is 60.0 Å². The Bertz CT molecular complexity index is 3230. The fourth-order valence-corrected chi connectivity index (χ4v) is 10.1. The number of carbonyl (C=O) groups is 5. The number of nitrogen functional groups attached to an aromatic ring is 1. The molecule has 3 aliphatic rings. The Hall–Kier alpha value is -7.94. The maximum absolute atomic E-state index is 15.4. The van der Waals surface area contributed by atoms with E-state index in [1.165, 1.54) is 42.0 Å². The van der Waals surface area contributed by atoms with Crippen LogP contribution in [0.3, 0.4) is 0 Å². The third-order valence-electron chi connectivity index (χ3n) is 13.4. The number of nitrogens with two attached hydrogens (primary N) is 3. The van der Waals surface area contributed by atoms with Crippen LogP contribution in [0.1, 0.15) is 90.2 Å². The summed E-state index contributed by atoms with van der Waals surface area (Å²) in [5.74, 6) is -2.92. The van der Waals surface area contributed by atoms with Crippen molar-refractivity contribution in [1.82, 2.24) is 34.8 Å². The molecule has 2 saturated heterocycles. The van der Waals surface area contributed by atoms with Crippen molar-refractivity contribution in [2.24, 2.45) is 28.3 Å². The Morgan fingerprint density at radius 2 is 1.39 bits per heavy atom. The fraction of sp³-hybridized carbons (Fsp3) is 0.436. The third kappa shape index (κ3) is 16.8. The number of aliphatic imine (C=N–C) groups is 1. The smallest absolute Gasteiger partial charge is 0.407 e. The zero-order chi connectivity index (χ0) is 59.5. The Labute approximate surface area is 479 Å². The van der Waals surface area contributed by atoms with Gasteiger partial charge >= 0.3 is 12.1 Å². The monoisotopic (exact) mass is 1170 g/mol. The first-order valence-corrected chi connectivity index (χ1v) is 30.8. The summed E-state index contributed by atoms with van der Waals surface area (Å²) in [6.45, 7) is 16.1. The van der Waals surface area contributed by atoms with Crippen LogP contribution in [0.4, 0.5) is 42.3 Å². The number of benzene rings is 2. The van der Waals surface area contributed by atoms with E-state index in [4.69, 9.17) is 43.0 Å². The lowest BCUT2D eigenvalue weighted by molar-refractivity contribution is -0.110. The first kappa shape index (κ1) is 61.7. The predicted octanol–water partition coefficient (Wildman–Crippen LogP) is 7.52. The van der Waals surface area contributed by atoms with Crippen LogP contribution >= 0.6 is 11.6 Å². The molecule has 2 fully saturated rings. The Balaban J connectivity index is 0.000000254. The highest BCUT2D eigenvalue weighted by atomic mass is 35.5. The number of anilines is 5. The molecule has 4 amide bonds. The minimum atomic E-state index is -1.38. The number of halogens is 3. The predicted molar refractivity (Wildman–Crippen MR) is 311 cm³/mol. The van der Waals surface area contributed by atoms with Crippen LogP contribution in [0.15, 0.2) is 65.8 Å². The highest BCUT2D eigenvalue weighted by Gasteiger charge is 2.29. The molecule has 3 aliphatic heterocycles. The molecule has 8 rings (SSSR count). The molecule has 0 spiro atoms. The number of nitrogens with zero attached hydrogens (tertiary/aromatic N) is 9. The summed E-state index contributed by atoms with van der Waals surface area (Å²) in [7, 11) is -0.155. The summed E-state index contributed by atoms with van der Waals surface area (Å²) in [4.78, 5) is 91.1. The number of nitrogens with one attached hydrogen (secondary N) is 3. The van der Waals surface area contributed by atoms with E-state index in [1.54, 1.807) is 30.5 Å². The number of ether oxygens (including phenoxy) is 3. The van der Waals surface area contributed by atoms with Gasteiger partial charge < -0.3 is 61.7 Å². The highest BCUT2D eigenvalue weighted by Crippen LogP contribution is 2.35. The molecule has 0 bridgehead atoms. The number of esters is 1. The van der Waals surface area contributed by atoms with Gasteiger partial charge in [0.1, 0.15) is 41.1 Å². The molecule has 6 heterocycles. The number of hydrogen-bond donors (Lipinski definition) is 6. The van der Waals surface area contributed by atoms with Gasteiger partial charge in [0.05, 0.1) is 46.9 Å². The van der Waals surface area contributed by atoms with Crippen LogP contribution in [-0.2, 0) is 25.7 Å². The Kier molecular flexibility index (Phi) is 20.5. The first-order valence-electron chi connectivity index (χ1n) is 26.8. The number of alkyl carbamates (subject to hydrolysis) is 1. The van der Waals surface area contributed by atoms with Gasteiger partial charge in [-0.3, -0.25) is 14.4 Å². The van der Waals surface area contributed by atoms with E-state index in [0.29, 0.717) is 81.7 Å². The van der Waals surface area contributed by atoms with Crippen LogP contribution in [0, 0.1) is 23.5 Å². The van der Waals surface area contributed by atoms with Gasteiger partial charge in [-0.15, -0.1) is 0 Å². The molecule has 438 valence electrons. The van der Waals surface area contributed by atoms with Gasteiger partial charge in [0.15, 0.2) is 5.69 Å². The van der Waals surface area contributed by atoms with E-state index in [-0.39, 0.29) is 81.7 Å². The Morgan fingerprint density at radius 1 is 0.793 bits per heavy atom. The summed E-state index contributed by atoms with van der Waals surface area (Å²) < 4.78 is 47.7. The normalized spacial score (nSPS) is 15.0. The van der Waals surface area contributed by atoms with Crippen LogP contribution in [-0.4, -0.2) is 132 Å². The van der Waals surface area contributed by atoms with E-state index >= 15 is 4.39 Å². The molecule has 0 atom stereocenters. The number of primary amides is 1. The second-order valence-corrected chi connectivity index (χ2v) is 28.0. The molecule has 0 saturated carbocycles. The molecule has 3 aromatic heterocycles. The number of rotatable bonds is 18. The Morgan fingerprint density at radius 3 is 1.96 bits per heavy atom. The highest BCUT2D eigenvalue weighted by molar-refractivity contribution is 6.76. The molecular weight excluding hydrogens is 1100 g/mol. The lowest BCUT2D eigenvalue weighted by atomic mass is 9.96. The number of para-hydroxylation sites is 2. The lowest BCUT2D eigenvalue weighted by Crippen LogP contribution is -2.40. The molecule has 0 aliphatic carbocycles. The largest absolute Gasteiger partial charge is 0.464 e. The van der Waals surface area contributed by atoms with E-state index in [2.05, 4.69) is 65.5 Å². The summed E-state index contributed by atoms with van der Waals surface area (Å²) in [5.41, 5.74) is 18.6. The van der Waals surface area contributed by atoms with E-state index in [1.807, 2.05) is 30.6 Å². The maximum atomic E-state index is 15.4. The zero-order valence-corrected chi connectivity index (χ0v) is 48.7. The molecule has 23 nitrogen and oxygen atoms in total. The van der Waals surface area contributed by atoms with Crippen molar-refractivity contribution in [3.63, 3.8) is 0 Å². The van der Waals surface area contributed by atoms with Crippen molar-refractivity contribution in [3.8, 4) is 11.4 Å². The van der Waals surface area contributed by atoms with Gasteiger partial charge in [-0.05, 0) is 119 Å². The molecule has 9 N–H and O–H groups in total. The van der Waals surface area contributed by atoms with Gasteiger partial charge in [-0.2, -0.15) is 0 Å². The number of allylic oxidation sites excluding steroid dienone is 1. The van der Waals surface area contributed by atoms with Crippen molar-refractivity contribution < 1.29 is 47.0 Å². The SMILES string of the molecule is COC(=O)c1cc(-c2cn(COCC[Si](C)(C)C)c(C(=O)Nc3cccc(F)c3N3CCC(CNC(=O)OC(C)(C)C)CC3)n2)nc(Cl)n1.NCC1CCN(c2c(F)cccc2NC(=O)C2=NC(c3cc(C(N)=O)nc(N)n3)=CC2)CC1. The minimum Gasteiger partial charge on any atom is -0.464 e. The number of amides is 4. The zero-order valence-electron chi connectivity index (χ0n) is 47.0. The van der Waals surface area contributed by atoms with E-state index in [0.717, 1.165) is 18.9 Å². The van der Waals surface area contributed by atoms with Gasteiger partial charge in [-0.1, -0.05) is 37.8 Å². The number of imidazole rings is 1. The second-order valence-electron chi connectivity index (χ2n) is 22.0. The van der Waals surface area contributed by atoms with Gasteiger partial charge in [0.2, 0.25) is 17.1 Å². The number of hydrogen-bond acceptors (Lipinski definition) is 18. The van der Waals surface area contributed by atoms with E-state index in [9.17, 15) is 28.4 Å². The molecule has 82 heavy (non-hydrogen) atoms. The molecular formula is C55H70ClF2N15O8Si. The summed E-state index contributed by atoms with van der Waals surface area (Å²) in [5, 5.41) is 8.26. The average molecular weight is 1170 g/mol. The van der Waals surface area contributed by atoms with E-state index < -0.39 is 55.1 Å². The topological polar surface area (TPSA) is 315 Å². The van der Waals surface area contributed by atoms with Gasteiger partial charge in [0.25, 0.3) is 17.7 Å². The number of methoxy groups -OCH3 is 1. The quantitative estimate of drug-likeness (QED) is 0.0214. The third-order valence-corrected chi connectivity index (χ3v) is 15.3.